The van der Waals surface area contributed by atoms with Gasteiger partial charge < -0.3 is 19.5 Å². The van der Waals surface area contributed by atoms with Crippen molar-refractivity contribution in [3.63, 3.8) is 0 Å². The van der Waals surface area contributed by atoms with Crippen molar-refractivity contribution in [1.82, 2.24) is 5.32 Å². The Morgan fingerprint density at radius 3 is 2.45 bits per heavy atom. The van der Waals surface area contributed by atoms with Crippen molar-refractivity contribution in [1.29, 1.82) is 0 Å². The van der Waals surface area contributed by atoms with Crippen LogP contribution in [0.1, 0.15) is 36.8 Å². The molecule has 4 rings (SSSR count). The number of hydrogen-bond donors (Lipinski definition) is 1. The van der Waals surface area contributed by atoms with E-state index in [1.165, 1.54) is 12.1 Å². The summed E-state index contributed by atoms with van der Waals surface area (Å²) in [4.78, 5) is 25.5. The lowest BCUT2D eigenvalue weighted by atomic mass is 9.79. The van der Waals surface area contributed by atoms with Crippen molar-refractivity contribution in [2.45, 2.75) is 44.2 Å². The number of methoxy groups -OCH3 is 1. The maximum atomic E-state index is 13.4. The lowest BCUT2D eigenvalue weighted by Gasteiger charge is -2.37. The predicted octanol–water partition coefficient (Wildman–Crippen LogP) is 4.71. The van der Waals surface area contributed by atoms with E-state index >= 15 is 0 Å². The molecule has 1 amide bonds. The highest BCUT2D eigenvalue weighted by Crippen LogP contribution is 2.44. The Balaban J connectivity index is 1.83. The minimum absolute atomic E-state index is 0.0685. The van der Waals surface area contributed by atoms with Gasteiger partial charge in [0.1, 0.15) is 11.9 Å². The van der Waals surface area contributed by atoms with E-state index in [0.717, 1.165) is 16.7 Å². The third kappa shape index (κ3) is 4.35. The molecule has 7 heteroatoms. The van der Waals surface area contributed by atoms with Crippen LogP contribution in [0.4, 0.5) is 9.18 Å². The maximum absolute atomic E-state index is 13.4. The molecular formula is C26H24FNO5. The number of hydrogen-bond acceptors (Lipinski definition) is 5. The van der Waals surface area contributed by atoms with E-state index in [-0.39, 0.29) is 29.2 Å². The van der Waals surface area contributed by atoms with Crippen LogP contribution in [0.5, 0.6) is 0 Å². The first kappa shape index (κ1) is 22.6. The van der Waals surface area contributed by atoms with E-state index in [0.29, 0.717) is 31.2 Å². The van der Waals surface area contributed by atoms with Crippen LogP contribution in [-0.2, 0) is 19.0 Å². The first-order valence-electron chi connectivity index (χ1n) is 10.7. The summed E-state index contributed by atoms with van der Waals surface area (Å²) in [5.41, 5.74) is 2.43. The quantitative estimate of drug-likeness (QED) is 0.540. The van der Waals surface area contributed by atoms with Crippen molar-refractivity contribution in [3.8, 4) is 23.7 Å². The van der Waals surface area contributed by atoms with Gasteiger partial charge in [0.25, 0.3) is 5.91 Å². The van der Waals surface area contributed by atoms with E-state index in [4.69, 9.17) is 15.9 Å². The second-order valence-corrected chi connectivity index (χ2v) is 8.28. The molecule has 2 aromatic rings. The summed E-state index contributed by atoms with van der Waals surface area (Å²) in [7, 11) is 1.66. The Morgan fingerprint density at radius 1 is 1.15 bits per heavy atom. The highest BCUT2D eigenvalue weighted by molar-refractivity contribution is 6.24. The normalized spacial score (nSPS) is 22.1. The van der Waals surface area contributed by atoms with Crippen LogP contribution >= 0.6 is 0 Å². The second-order valence-electron chi connectivity index (χ2n) is 8.28. The van der Waals surface area contributed by atoms with Crippen LogP contribution in [0.2, 0.25) is 0 Å². The molecule has 1 N–H and O–H groups in total. The van der Waals surface area contributed by atoms with Gasteiger partial charge in [-0.3, -0.25) is 4.79 Å². The minimum Gasteiger partial charge on any atom is -0.395 e. The Kier molecular flexibility index (Phi) is 6.21. The number of aryl methyl sites for hydroxylation is 1. The average molecular weight is 449 g/mol. The predicted molar refractivity (Wildman–Crippen MR) is 120 cm³/mol. The standard InChI is InChI=1S/C26H24FNO5/c1-4-32-25(30)33-23-22(24(29)28-26(23)13-11-20(31-3)12-14-26)21-15-18(6-5-16(21)2)17-7-9-19(27)10-8-17/h1,5-10,15,20H,11-14H2,2-3H3,(H,28,29). The molecule has 1 aliphatic heterocycles. The fourth-order valence-corrected chi connectivity index (χ4v) is 4.61. The molecular weight excluding hydrogens is 425 g/mol. The molecule has 0 unspecified atom stereocenters. The number of halogens is 1. The molecule has 0 saturated heterocycles. The van der Waals surface area contributed by atoms with Crippen LogP contribution in [0.15, 0.2) is 48.2 Å². The van der Waals surface area contributed by atoms with Crippen molar-refractivity contribution in [2.24, 2.45) is 0 Å². The van der Waals surface area contributed by atoms with Crippen molar-refractivity contribution < 1.29 is 28.2 Å². The Morgan fingerprint density at radius 2 is 1.82 bits per heavy atom. The molecule has 170 valence electrons. The van der Waals surface area contributed by atoms with Crippen molar-refractivity contribution in [3.05, 3.63) is 65.2 Å². The first-order chi connectivity index (χ1) is 15.9. The summed E-state index contributed by atoms with van der Waals surface area (Å²) < 4.78 is 29.0. The zero-order chi connectivity index (χ0) is 23.6. The summed E-state index contributed by atoms with van der Waals surface area (Å²) in [6.07, 6.45) is 8.35. The number of nitrogens with one attached hydrogen (secondary N) is 1. The van der Waals surface area contributed by atoms with Crippen molar-refractivity contribution >= 4 is 17.6 Å². The van der Waals surface area contributed by atoms with Crippen LogP contribution in [0, 0.1) is 25.3 Å². The van der Waals surface area contributed by atoms with Crippen LogP contribution in [-0.4, -0.2) is 30.8 Å². The molecule has 1 aliphatic carbocycles. The van der Waals surface area contributed by atoms with Gasteiger partial charge in [0, 0.05) is 7.11 Å². The molecule has 0 bridgehead atoms. The summed E-state index contributed by atoms with van der Waals surface area (Å²) in [6, 6.07) is 11.7. The van der Waals surface area contributed by atoms with Gasteiger partial charge in [0.2, 0.25) is 0 Å². The van der Waals surface area contributed by atoms with Crippen LogP contribution in [0.3, 0.4) is 0 Å². The van der Waals surface area contributed by atoms with Gasteiger partial charge in [-0.15, -0.1) is 0 Å². The van der Waals surface area contributed by atoms with Gasteiger partial charge in [-0.05, 0) is 73.1 Å². The molecule has 2 aliphatic rings. The summed E-state index contributed by atoms with van der Waals surface area (Å²) in [6.45, 7) is 1.87. The molecule has 0 radical (unpaired) electrons. The monoisotopic (exact) mass is 449 g/mol. The Hall–Kier alpha value is -3.63. The van der Waals surface area contributed by atoms with Gasteiger partial charge in [0.05, 0.1) is 17.2 Å². The van der Waals surface area contributed by atoms with E-state index in [1.807, 2.05) is 31.2 Å². The van der Waals surface area contributed by atoms with Gasteiger partial charge in [-0.25, -0.2) is 9.18 Å². The van der Waals surface area contributed by atoms with E-state index in [1.54, 1.807) is 19.2 Å². The van der Waals surface area contributed by atoms with E-state index < -0.39 is 11.7 Å². The molecule has 0 aromatic heterocycles. The number of amides is 1. The van der Waals surface area contributed by atoms with Crippen molar-refractivity contribution in [2.75, 3.05) is 7.11 Å². The largest absolute Gasteiger partial charge is 0.528 e. The zero-order valence-electron chi connectivity index (χ0n) is 18.4. The van der Waals surface area contributed by atoms with Gasteiger partial charge in [-0.1, -0.05) is 30.7 Å². The first-order valence-corrected chi connectivity index (χ1v) is 10.7. The number of terminal acetylenes is 1. The molecule has 33 heavy (non-hydrogen) atoms. The molecule has 6 nitrogen and oxygen atoms in total. The third-order valence-corrected chi connectivity index (χ3v) is 6.37. The van der Waals surface area contributed by atoms with Crippen LogP contribution in [0.25, 0.3) is 16.7 Å². The smallest absolute Gasteiger partial charge is 0.395 e. The summed E-state index contributed by atoms with van der Waals surface area (Å²) >= 11 is 0. The Labute approximate surface area is 191 Å². The minimum atomic E-state index is -1.07. The molecule has 2 aromatic carbocycles. The summed E-state index contributed by atoms with van der Waals surface area (Å²) in [5.74, 6) is -0.462. The van der Waals surface area contributed by atoms with Gasteiger partial charge in [-0.2, -0.15) is 0 Å². The topological polar surface area (TPSA) is 73.9 Å². The molecule has 1 heterocycles. The van der Waals surface area contributed by atoms with E-state index in [2.05, 4.69) is 10.1 Å². The van der Waals surface area contributed by atoms with Gasteiger partial charge >= 0.3 is 6.16 Å². The molecule has 1 spiro atoms. The number of rotatable bonds is 4. The number of benzene rings is 2. The summed E-state index contributed by atoms with van der Waals surface area (Å²) in [5, 5.41) is 3.05. The highest BCUT2D eigenvalue weighted by atomic mass is 19.1. The molecule has 1 saturated carbocycles. The third-order valence-electron chi connectivity index (χ3n) is 6.37. The van der Waals surface area contributed by atoms with Crippen LogP contribution < -0.4 is 5.32 Å². The average Bonchev–Trinajstić information content (AvgIpc) is 3.06. The molecule has 1 fully saturated rings. The highest BCUT2D eigenvalue weighted by Gasteiger charge is 2.50. The maximum Gasteiger partial charge on any atom is 0.528 e. The number of carbonyl (C=O) groups is 2. The van der Waals surface area contributed by atoms with E-state index in [9.17, 15) is 14.0 Å². The molecule has 0 atom stereocenters. The fraction of sp³-hybridized carbons (Fsp3) is 0.308. The van der Waals surface area contributed by atoms with Gasteiger partial charge in [0.15, 0.2) is 5.76 Å². The lowest BCUT2D eigenvalue weighted by molar-refractivity contribution is -0.116. The SMILES string of the molecule is C#COC(=O)OC1=C(c2cc(-c3ccc(F)cc3)ccc2C)C(=O)NC12CCC(OC)CC2. The lowest BCUT2D eigenvalue weighted by Crippen LogP contribution is -2.49. The number of ether oxygens (including phenoxy) is 3. The Bertz CT molecular complexity index is 1150. The number of carbonyl (C=O) groups excluding carboxylic acids is 2. The zero-order valence-corrected chi connectivity index (χ0v) is 18.4. The fourth-order valence-electron chi connectivity index (χ4n) is 4.61. The second kappa shape index (κ2) is 9.08.